The van der Waals surface area contributed by atoms with Crippen molar-refractivity contribution in [1.29, 1.82) is 0 Å². The molecule has 0 unspecified atom stereocenters. The molecule has 0 aromatic heterocycles. The maximum Gasteiger partial charge on any atom is 0.259 e. The van der Waals surface area contributed by atoms with Gasteiger partial charge in [-0.05, 0) is 18.2 Å². The van der Waals surface area contributed by atoms with E-state index in [1.807, 2.05) is 0 Å². The standard InChI is InChI=1S/C11H9NO3/c1-6-10(13)8-5-7(15-2)3-4-9(8)12-11(6)14/h3-5H,1H2,2H3,(H,12,14). The lowest BCUT2D eigenvalue weighted by atomic mass is 9.98. The lowest BCUT2D eigenvalue weighted by Gasteiger charge is -2.17. The fraction of sp³-hybridized carbons (Fsp3) is 0.0909. The van der Waals surface area contributed by atoms with E-state index in [0.29, 0.717) is 17.0 Å². The van der Waals surface area contributed by atoms with Crippen LogP contribution in [0.15, 0.2) is 30.4 Å². The number of anilines is 1. The van der Waals surface area contributed by atoms with Crippen LogP contribution in [0.2, 0.25) is 0 Å². The second-order valence-corrected chi connectivity index (χ2v) is 3.17. The molecule has 0 aliphatic carbocycles. The number of amides is 1. The average molecular weight is 203 g/mol. The van der Waals surface area contributed by atoms with Crippen molar-refractivity contribution < 1.29 is 14.3 Å². The molecule has 1 N–H and O–H groups in total. The van der Waals surface area contributed by atoms with Crippen LogP contribution in [0.5, 0.6) is 5.75 Å². The summed E-state index contributed by atoms with van der Waals surface area (Å²) in [6, 6.07) is 4.90. The number of ketones is 1. The third kappa shape index (κ3) is 1.40. The van der Waals surface area contributed by atoms with Crippen LogP contribution in [0, 0.1) is 0 Å². The smallest absolute Gasteiger partial charge is 0.259 e. The third-order valence-corrected chi connectivity index (χ3v) is 2.27. The molecular formula is C11H9NO3. The Bertz CT molecular complexity index is 477. The van der Waals surface area contributed by atoms with Gasteiger partial charge in [-0.1, -0.05) is 6.58 Å². The zero-order valence-electron chi connectivity index (χ0n) is 8.16. The number of nitrogens with one attached hydrogen (secondary N) is 1. The van der Waals surface area contributed by atoms with E-state index >= 15 is 0 Å². The Morgan fingerprint density at radius 3 is 2.73 bits per heavy atom. The molecule has 0 fully saturated rings. The van der Waals surface area contributed by atoms with Gasteiger partial charge in [0.2, 0.25) is 0 Å². The van der Waals surface area contributed by atoms with Gasteiger partial charge < -0.3 is 10.1 Å². The normalized spacial score (nSPS) is 14.6. The number of benzene rings is 1. The van der Waals surface area contributed by atoms with Crippen LogP contribution in [0.3, 0.4) is 0 Å². The van der Waals surface area contributed by atoms with Gasteiger partial charge in [0.1, 0.15) is 5.75 Å². The molecule has 4 heteroatoms. The number of fused-ring (bicyclic) bond motifs is 1. The minimum atomic E-state index is -0.447. The highest BCUT2D eigenvalue weighted by Gasteiger charge is 2.26. The van der Waals surface area contributed by atoms with Crippen molar-refractivity contribution in [3.8, 4) is 5.75 Å². The van der Waals surface area contributed by atoms with Gasteiger partial charge in [-0.25, -0.2) is 0 Å². The van der Waals surface area contributed by atoms with Crippen molar-refractivity contribution in [2.24, 2.45) is 0 Å². The Kier molecular flexibility index (Phi) is 2.04. The molecule has 1 amide bonds. The highest BCUT2D eigenvalue weighted by Crippen LogP contribution is 2.28. The largest absolute Gasteiger partial charge is 0.497 e. The summed E-state index contributed by atoms with van der Waals surface area (Å²) < 4.78 is 5.00. The predicted molar refractivity (Wildman–Crippen MR) is 55.1 cm³/mol. The first kappa shape index (κ1) is 9.45. The van der Waals surface area contributed by atoms with E-state index in [0.717, 1.165) is 0 Å². The first-order valence-corrected chi connectivity index (χ1v) is 4.36. The van der Waals surface area contributed by atoms with Crippen molar-refractivity contribution in [2.45, 2.75) is 0 Å². The molecule has 0 bridgehead atoms. The van der Waals surface area contributed by atoms with Crippen molar-refractivity contribution in [1.82, 2.24) is 0 Å². The Hall–Kier alpha value is -2.10. The lowest BCUT2D eigenvalue weighted by Crippen LogP contribution is -2.26. The van der Waals surface area contributed by atoms with E-state index in [2.05, 4.69) is 11.9 Å². The number of rotatable bonds is 1. The second-order valence-electron chi connectivity index (χ2n) is 3.17. The monoisotopic (exact) mass is 203 g/mol. The van der Waals surface area contributed by atoms with E-state index in [1.54, 1.807) is 18.2 Å². The molecule has 1 aromatic carbocycles. The SMILES string of the molecule is C=C1C(=O)Nc2ccc(OC)cc2C1=O. The highest BCUT2D eigenvalue weighted by molar-refractivity contribution is 6.33. The van der Waals surface area contributed by atoms with Crippen LogP contribution in [0.1, 0.15) is 10.4 Å². The summed E-state index contributed by atoms with van der Waals surface area (Å²) in [5.41, 5.74) is 0.868. The van der Waals surface area contributed by atoms with Gasteiger partial charge in [0.25, 0.3) is 5.91 Å². The molecule has 2 rings (SSSR count). The van der Waals surface area contributed by atoms with Crippen molar-refractivity contribution in [3.63, 3.8) is 0 Å². The van der Waals surface area contributed by atoms with Crippen molar-refractivity contribution >= 4 is 17.4 Å². The summed E-state index contributed by atoms with van der Waals surface area (Å²) in [7, 11) is 1.52. The minimum absolute atomic E-state index is 0.0456. The zero-order valence-corrected chi connectivity index (χ0v) is 8.16. The molecule has 0 spiro atoms. The molecular weight excluding hydrogens is 194 g/mol. The summed E-state index contributed by atoms with van der Waals surface area (Å²) in [5, 5.41) is 2.58. The third-order valence-electron chi connectivity index (χ3n) is 2.27. The lowest BCUT2D eigenvalue weighted by molar-refractivity contribution is -0.112. The predicted octanol–water partition coefficient (Wildman–Crippen LogP) is 1.39. The fourth-order valence-corrected chi connectivity index (χ4v) is 1.41. The van der Waals surface area contributed by atoms with Crippen molar-refractivity contribution in [2.75, 3.05) is 12.4 Å². The second kappa shape index (κ2) is 3.24. The Morgan fingerprint density at radius 1 is 1.33 bits per heavy atom. The average Bonchev–Trinajstić information content (AvgIpc) is 2.26. The van der Waals surface area contributed by atoms with Crippen molar-refractivity contribution in [3.05, 3.63) is 35.9 Å². The molecule has 1 aromatic rings. The summed E-state index contributed by atoms with van der Waals surface area (Å²) in [6.07, 6.45) is 0. The fourth-order valence-electron chi connectivity index (χ4n) is 1.41. The van der Waals surface area contributed by atoms with Crippen LogP contribution in [0.25, 0.3) is 0 Å². The molecule has 1 heterocycles. The first-order valence-electron chi connectivity index (χ1n) is 4.36. The van der Waals surface area contributed by atoms with E-state index in [4.69, 9.17) is 4.74 Å². The molecule has 0 atom stereocenters. The summed E-state index contributed by atoms with van der Waals surface area (Å²) in [4.78, 5) is 22.9. The number of ether oxygens (including phenoxy) is 1. The Morgan fingerprint density at radius 2 is 2.07 bits per heavy atom. The van der Waals surface area contributed by atoms with Crippen LogP contribution >= 0.6 is 0 Å². The molecule has 0 radical (unpaired) electrons. The van der Waals surface area contributed by atoms with Crippen LogP contribution in [0.4, 0.5) is 5.69 Å². The zero-order chi connectivity index (χ0) is 11.0. The van der Waals surface area contributed by atoms with Gasteiger partial charge in [0.05, 0.1) is 18.4 Å². The van der Waals surface area contributed by atoms with Crippen LogP contribution in [-0.2, 0) is 4.79 Å². The van der Waals surface area contributed by atoms with E-state index in [-0.39, 0.29) is 11.4 Å². The molecule has 0 saturated heterocycles. The van der Waals surface area contributed by atoms with Gasteiger partial charge in [-0.15, -0.1) is 0 Å². The molecule has 15 heavy (non-hydrogen) atoms. The van der Waals surface area contributed by atoms with E-state index in [9.17, 15) is 9.59 Å². The molecule has 76 valence electrons. The number of Topliss-reactive ketones (excluding diaryl/α,β-unsaturated/α-hetero) is 1. The number of carbonyl (C=O) groups is 2. The van der Waals surface area contributed by atoms with Gasteiger partial charge in [-0.3, -0.25) is 9.59 Å². The first-order chi connectivity index (χ1) is 7.13. The van der Waals surface area contributed by atoms with Gasteiger partial charge in [-0.2, -0.15) is 0 Å². The van der Waals surface area contributed by atoms with Gasteiger partial charge >= 0.3 is 0 Å². The molecule has 4 nitrogen and oxygen atoms in total. The Labute approximate surface area is 86.5 Å². The Balaban J connectivity index is 2.56. The number of carbonyl (C=O) groups excluding carboxylic acids is 2. The number of hydrogen-bond donors (Lipinski definition) is 1. The quantitative estimate of drug-likeness (QED) is 0.554. The molecule has 1 aliphatic heterocycles. The molecule has 1 aliphatic rings. The topological polar surface area (TPSA) is 55.4 Å². The highest BCUT2D eigenvalue weighted by atomic mass is 16.5. The minimum Gasteiger partial charge on any atom is -0.497 e. The maximum absolute atomic E-state index is 11.7. The van der Waals surface area contributed by atoms with E-state index < -0.39 is 5.91 Å². The summed E-state index contributed by atoms with van der Waals surface area (Å²) in [6.45, 7) is 3.43. The number of methoxy groups -OCH3 is 1. The van der Waals surface area contributed by atoms with Gasteiger partial charge in [0.15, 0.2) is 5.78 Å². The summed E-state index contributed by atoms with van der Waals surface area (Å²) >= 11 is 0. The number of hydrogen-bond acceptors (Lipinski definition) is 3. The van der Waals surface area contributed by atoms with Crippen LogP contribution in [-0.4, -0.2) is 18.8 Å². The summed E-state index contributed by atoms with van der Waals surface area (Å²) in [5.74, 6) is -0.226. The van der Waals surface area contributed by atoms with E-state index in [1.165, 1.54) is 7.11 Å². The molecule has 0 saturated carbocycles. The van der Waals surface area contributed by atoms with Crippen LogP contribution < -0.4 is 10.1 Å². The van der Waals surface area contributed by atoms with Gasteiger partial charge in [0, 0.05) is 5.56 Å². The maximum atomic E-state index is 11.7.